The molecule has 5 nitrogen and oxygen atoms in total. The molecule has 0 fully saturated rings. The third kappa shape index (κ3) is 2.28. The van der Waals surface area contributed by atoms with Crippen molar-refractivity contribution in [3.8, 4) is 0 Å². The van der Waals surface area contributed by atoms with E-state index >= 15 is 0 Å². The first-order chi connectivity index (χ1) is 10.5. The van der Waals surface area contributed by atoms with Gasteiger partial charge in [-0.2, -0.15) is 0 Å². The zero-order valence-electron chi connectivity index (χ0n) is 12.6. The number of pyridine rings is 1. The molecule has 0 saturated heterocycles. The maximum absolute atomic E-state index is 12.3. The van der Waals surface area contributed by atoms with Gasteiger partial charge in [0.15, 0.2) is 11.2 Å². The molecule has 116 valence electrons. The van der Waals surface area contributed by atoms with E-state index in [4.69, 9.17) is 4.74 Å². The zero-order chi connectivity index (χ0) is 16.2. The number of aliphatic carboxylic acids is 1. The molecule has 2 atom stereocenters. The molecule has 2 N–H and O–H groups in total. The number of aliphatic hydroxyl groups is 1. The Hall–Kier alpha value is -2.24. The van der Waals surface area contributed by atoms with Gasteiger partial charge in [-0.15, -0.1) is 0 Å². The van der Waals surface area contributed by atoms with Crippen molar-refractivity contribution in [2.75, 3.05) is 7.11 Å². The average Bonchev–Trinajstić information content (AvgIpc) is 2.57. The van der Waals surface area contributed by atoms with Crippen LogP contribution in [0, 0.1) is 0 Å². The Labute approximate surface area is 129 Å². The van der Waals surface area contributed by atoms with E-state index in [2.05, 4.69) is 4.98 Å². The van der Waals surface area contributed by atoms with Gasteiger partial charge in [0.2, 0.25) is 0 Å². The van der Waals surface area contributed by atoms with E-state index in [1.54, 1.807) is 55.6 Å². The number of ether oxygens (including phenoxy) is 1. The van der Waals surface area contributed by atoms with Crippen LogP contribution in [0.1, 0.15) is 24.5 Å². The van der Waals surface area contributed by atoms with E-state index < -0.39 is 17.2 Å². The fourth-order valence-corrected chi connectivity index (χ4v) is 2.87. The highest BCUT2D eigenvalue weighted by atomic mass is 16.6. The van der Waals surface area contributed by atoms with Crippen LogP contribution in [-0.2, 0) is 14.9 Å². The van der Waals surface area contributed by atoms with Crippen molar-refractivity contribution >= 4 is 5.97 Å². The zero-order valence-corrected chi connectivity index (χ0v) is 12.6. The quantitative estimate of drug-likeness (QED) is 0.800. The third-order valence-corrected chi connectivity index (χ3v) is 4.03. The molecule has 0 bridgehead atoms. The lowest BCUT2D eigenvalue weighted by molar-refractivity contribution is -0.230. The Balaban J connectivity index is 2.86. The van der Waals surface area contributed by atoms with Gasteiger partial charge < -0.3 is 14.9 Å². The fraction of sp³-hybridized carbons (Fsp3) is 0.294. The van der Waals surface area contributed by atoms with Crippen molar-refractivity contribution in [3.63, 3.8) is 0 Å². The highest BCUT2D eigenvalue weighted by Crippen LogP contribution is 2.44. The van der Waals surface area contributed by atoms with Crippen LogP contribution < -0.4 is 0 Å². The number of carboxylic acid groups (broad SMARTS) is 1. The minimum absolute atomic E-state index is 0.0968. The van der Waals surface area contributed by atoms with E-state index in [1.165, 1.54) is 13.3 Å². The summed E-state index contributed by atoms with van der Waals surface area (Å²) in [6.45, 7) is 1.68. The second kappa shape index (κ2) is 6.25. The summed E-state index contributed by atoms with van der Waals surface area (Å²) in [5.41, 5.74) is -0.979. The van der Waals surface area contributed by atoms with Crippen molar-refractivity contribution in [1.82, 2.24) is 4.98 Å². The predicted octanol–water partition coefficient (Wildman–Crippen LogP) is 2.20. The van der Waals surface area contributed by atoms with Gasteiger partial charge in [-0.05, 0) is 17.2 Å². The summed E-state index contributed by atoms with van der Waals surface area (Å²) >= 11 is 0. The van der Waals surface area contributed by atoms with E-state index in [0.717, 1.165) is 0 Å². The van der Waals surface area contributed by atoms with Crippen LogP contribution in [0.15, 0.2) is 54.9 Å². The third-order valence-electron chi connectivity index (χ3n) is 4.03. The van der Waals surface area contributed by atoms with Crippen LogP contribution in [0.4, 0.5) is 0 Å². The molecule has 22 heavy (non-hydrogen) atoms. The first-order valence-corrected chi connectivity index (χ1v) is 7.00. The Morgan fingerprint density at radius 2 is 1.82 bits per heavy atom. The summed E-state index contributed by atoms with van der Waals surface area (Å²) < 4.78 is 5.27. The number of nitrogens with zero attached hydrogens (tertiary/aromatic N) is 1. The summed E-state index contributed by atoms with van der Waals surface area (Å²) in [5, 5.41) is 21.0. The molecule has 2 aromatic rings. The van der Waals surface area contributed by atoms with Crippen LogP contribution in [-0.4, -0.2) is 34.1 Å². The summed E-state index contributed by atoms with van der Waals surface area (Å²) in [4.78, 5) is 16.3. The lowest BCUT2D eigenvalue weighted by Crippen LogP contribution is -2.58. The van der Waals surface area contributed by atoms with Crippen molar-refractivity contribution in [3.05, 3.63) is 66.0 Å². The minimum atomic E-state index is -1.91. The Morgan fingerprint density at radius 1 is 1.18 bits per heavy atom. The number of hydrogen-bond acceptors (Lipinski definition) is 4. The number of aromatic nitrogens is 1. The van der Waals surface area contributed by atoms with Gasteiger partial charge >= 0.3 is 5.97 Å². The van der Waals surface area contributed by atoms with E-state index in [-0.39, 0.29) is 6.42 Å². The standard InChI is InChI=1S/C17H19NO4/c1-3-16(21,22-2)17(15(19)20,13-8-5-4-6-9-13)14-10-7-11-18-12-14/h4-12,21H,3H2,1-2H3,(H,19,20). The molecule has 0 spiro atoms. The van der Waals surface area contributed by atoms with Gasteiger partial charge in [-0.1, -0.05) is 43.3 Å². The number of carbonyl (C=O) groups is 1. The Morgan fingerprint density at radius 3 is 2.27 bits per heavy atom. The normalized spacial score (nSPS) is 16.5. The molecular weight excluding hydrogens is 282 g/mol. The topological polar surface area (TPSA) is 79.7 Å². The molecule has 0 saturated carbocycles. The molecular formula is C17H19NO4. The average molecular weight is 301 g/mol. The molecule has 1 aromatic heterocycles. The largest absolute Gasteiger partial charge is 0.480 e. The monoisotopic (exact) mass is 301 g/mol. The molecule has 5 heteroatoms. The van der Waals surface area contributed by atoms with Gasteiger partial charge in [0.05, 0.1) is 0 Å². The van der Waals surface area contributed by atoms with Crippen LogP contribution in [0.25, 0.3) is 0 Å². The fourth-order valence-electron chi connectivity index (χ4n) is 2.87. The second-order valence-corrected chi connectivity index (χ2v) is 5.00. The SMILES string of the molecule is CCC(O)(OC)C(C(=O)O)(c1ccccc1)c1cccnc1. The smallest absolute Gasteiger partial charge is 0.324 e. The molecule has 2 unspecified atom stereocenters. The number of methoxy groups -OCH3 is 1. The van der Waals surface area contributed by atoms with E-state index in [1.807, 2.05) is 0 Å². The predicted molar refractivity (Wildman–Crippen MR) is 81.3 cm³/mol. The summed E-state index contributed by atoms with van der Waals surface area (Å²) in [6.07, 6.45) is 3.10. The van der Waals surface area contributed by atoms with Crippen molar-refractivity contribution in [1.29, 1.82) is 0 Å². The van der Waals surface area contributed by atoms with Crippen LogP contribution in [0.2, 0.25) is 0 Å². The van der Waals surface area contributed by atoms with Crippen molar-refractivity contribution in [2.45, 2.75) is 24.5 Å². The highest BCUT2D eigenvalue weighted by Gasteiger charge is 2.58. The van der Waals surface area contributed by atoms with E-state index in [9.17, 15) is 15.0 Å². The van der Waals surface area contributed by atoms with Gasteiger partial charge in [0, 0.05) is 25.9 Å². The molecule has 1 heterocycles. The Kier molecular flexibility index (Phi) is 4.59. The second-order valence-electron chi connectivity index (χ2n) is 5.00. The molecule has 0 radical (unpaired) electrons. The lowest BCUT2D eigenvalue weighted by atomic mass is 9.67. The molecule has 0 amide bonds. The first kappa shape index (κ1) is 16.1. The summed E-state index contributed by atoms with van der Waals surface area (Å²) in [6, 6.07) is 11.9. The van der Waals surface area contributed by atoms with Gasteiger partial charge in [-0.25, -0.2) is 0 Å². The molecule has 0 aliphatic rings. The maximum atomic E-state index is 12.3. The number of benzene rings is 1. The molecule has 0 aliphatic heterocycles. The summed E-state index contributed by atoms with van der Waals surface area (Å²) in [7, 11) is 1.31. The summed E-state index contributed by atoms with van der Waals surface area (Å²) in [5.74, 6) is -3.11. The van der Waals surface area contributed by atoms with Crippen LogP contribution in [0.5, 0.6) is 0 Å². The van der Waals surface area contributed by atoms with Gasteiger partial charge in [0.1, 0.15) is 0 Å². The van der Waals surface area contributed by atoms with E-state index in [0.29, 0.717) is 11.1 Å². The van der Waals surface area contributed by atoms with Crippen molar-refractivity contribution in [2.24, 2.45) is 0 Å². The van der Waals surface area contributed by atoms with Gasteiger partial charge in [0.25, 0.3) is 0 Å². The maximum Gasteiger partial charge on any atom is 0.324 e. The number of rotatable bonds is 6. The van der Waals surface area contributed by atoms with Crippen LogP contribution in [0.3, 0.4) is 0 Å². The first-order valence-electron chi connectivity index (χ1n) is 7.00. The van der Waals surface area contributed by atoms with Crippen LogP contribution >= 0.6 is 0 Å². The minimum Gasteiger partial charge on any atom is -0.480 e. The number of hydrogen-bond donors (Lipinski definition) is 2. The molecule has 2 rings (SSSR count). The van der Waals surface area contributed by atoms with Gasteiger partial charge in [-0.3, -0.25) is 9.78 Å². The lowest BCUT2D eigenvalue weighted by Gasteiger charge is -2.43. The van der Waals surface area contributed by atoms with Crippen molar-refractivity contribution < 1.29 is 19.7 Å². The number of carboxylic acids is 1. The molecule has 1 aromatic carbocycles. The molecule has 0 aliphatic carbocycles. The Bertz CT molecular complexity index is 584. The highest BCUT2D eigenvalue weighted by molar-refractivity contribution is 5.87.